The minimum atomic E-state index is -4.96. The number of rotatable bonds is 75. The number of phosphoric ester groups is 2. The molecule has 19 heteroatoms. The summed E-state index contributed by atoms with van der Waals surface area (Å²) in [6, 6.07) is 0. The Morgan fingerprint density at radius 3 is 0.716 bits per heavy atom. The molecule has 0 aliphatic carbocycles. The maximum Gasteiger partial charge on any atom is 0.472 e. The topological polar surface area (TPSA) is 237 Å². The Morgan fingerprint density at radius 2 is 0.484 bits per heavy atom. The molecule has 0 heterocycles. The Bertz CT molecular complexity index is 1840. The van der Waals surface area contributed by atoms with Crippen molar-refractivity contribution in [3.8, 4) is 0 Å². The van der Waals surface area contributed by atoms with E-state index in [9.17, 15) is 43.2 Å². The summed E-state index contributed by atoms with van der Waals surface area (Å²) in [4.78, 5) is 72.7. The lowest BCUT2D eigenvalue weighted by molar-refractivity contribution is -0.161. The molecule has 0 aliphatic heterocycles. The molecule has 0 bridgehead atoms. The Kier molecular flexibility index (Phi) is 66.5. The number of aliphatic hydroxyl groups is 1. The van der Waals surface area contributed by atoms with Crippen LogP contribution in [0.25, 0.3) is 0 Å². The van der Waals surface area contributed by atoms with E-state index in [0.29, 0.717) is 25.7 Å². The molecule has 17 nitrogen and oxygen atoms in total. The number of ether oxygens (including phenoxy) is 4. The van der Waals surface area contributed by atoms with Crippen molar-refractivity contribution in [2.75, 3.05) is 39.6 Å². The number of unbranched alkanes of at least 4 members (excludes halogenated alkanes) is 45. The summed E-state index contributed by atoms with van der Waals surface area (Å²) in [6.07, 6.45) is 55.6. The van der Waals surface area contributed by atoms with Crippen molar-refractivity contribution in [2.24, 2.45) is 11.8 Å². The predicted octanol–water partition coefficient (Wildman–Crippen LogP) is 22.3. The SMILES string of the molecule is CCCCCCCCCCCCCCCCCCCCCC(=O)O[C@H](COC(=O)CCCCCCCCCCCCCCC(C)C)COP(=O)(O)OC[C@@H](O)COP(=O)(O)OC[C@@H](COC(=O)CCCCCCCCC)OC(=O)CCCCCCCCCCCCCC(C)C. The van der Waals surface area contributed by atoms with Crippen molar-refractivity contribution >= 4 is 39.5 Å². The summed E-state index contributed by atoms with van der Waals surface area (Å²) >= 11 is 0. The molecule has 3 N–H and O–H groups in total. The van der Waals surface area contributed by atoms with Gasteiger partial charge in [-0.15, -0.1) is 0 Å². The standard InChI is InChI=1S/C76H148O17P2/c1-7-9-11-13-15-16-17-18-19-20-21-22-23-24-31-36-42-48-54-60-75(80)93-72(65-87-74(79)59-53-47-41-35-30-26-25-28-33-39-44-50-56-68(3)4)67-91-95(84,85)89-63-70(77)62-88-94(82,83)90-66-71(64-86-73(78)58-52-46-38-14-12-10-8-2)92-76(81)61-55-49-43-37-32-27-29-34-40-45-51-57-69(5)6/h68-72,77H,7-67H2,1-6H3,(H,82,83)(H,84,85)/t70-,71+,72+/m0/s1. The third kappa shape index (κ3) is 70.3. The summed E-state index contributed by atoms with van der Waals surface area (Å²) in [5.41, 5.74) is 0. The van der Waals surface area contributed by atoms with E-state index in [1.165, 1.54) is 199 Å². The molecule has 0 saturated carbocycles. The molecule has 0 amide bonds. The van der Waals surface area contributed by atoms with E-state index in [0.717, 1.165) is 115 Å². The summed E-state index contributed by atoms with van der Waals surface area (Å²) in [5.74, 6) is -0.572. The zero-order valence-corrected chi connectivity index (χ0v) is 63.8. The molecule has 0 aromatic rings. The zero-order chi connectivity index (χ0) is 70.0. The first-order chi connectivity index (χ1) is 45.9. The molecule has 564 valence electrons. The van der Waals surface area contributed by atoms with Gasteiger partial charge in [0.05, 0.1) is 26.4 Å². The molecule has 0 fully saturated rings. The van der Waals surface area contributed by atoms with E-state index >= 15 is 0 Å². The van der Waals surface area contributed by atoms with Crippen LogP contribution in [0.3, 0.4) is 0 Å². The summed E-state index contributed by atoms with van der Waals surface area (Å²) in [6.45, 7) is 9.57. The van der Waals surface area contributed by atoms with Gasteiger partial charge in [0, 0.05) is 25.7 Å². The molecular formula is C76H148O17P2. The largest absolute Gasteiger partial charge is 0.472 e. The number of esters is 4. The van der Waals surface area contributed by atoms with Crippen molar-refractivity contribution in [2.45, 2.75) is 413 Å². The van der Waals surface area contributed by atoms with Crippen molar-refractivity contribution < 1.29 is 80.2 Å². The lowest BCUT2D eigenvalue weighted by atomic mass is 10.0. The van der Waals surface area contributed by atoms with Gasteiger partial charge in [-0.2, -0.15) is 0 Å². The second kappa shape index (κ2) is 67.9. The molecule has 0 radical (unpaired) electrons. The molecule has 0 spiro atoms. The van der Waals surface area contributed by atoms with Crippen molar-refractivity contribution in [1.29, 1.82) is 0 Å². The van der Waals surface area contributed by atoms with Crippen molar-refractivity contribution in [1.82, 2.24) is 0 Å². The van der Waals surface area contributed by atoms with Gasteiger partial charge in [-0.05, 0) is 37.5 Å². The van der Waals surface area contributed by atoms with Gasteiger partial charge in [-0.25, -0.2) is 9.13 Å². The van der Waals surface area contributed by atoms with E-state index in [2.05, 4.69) is 41.5 Å². The van der Waals surface area contributed by atoms with E-state index in [1.54, 1.807) is 0 Å². The molecule has 0 rings (SSSR count). The van der Waals surface area contributed by atoms with Gasteiger partial charge < -0.3 is 33.8 Å². The summed E-state index contributed by atoms with van der Waals surface area (Å²) in [5, 5.41) is 10.6. The highest BCUT2D eigenvalue weighted by Gasteiger charge is 2.30. The van der Waals surface area contributed by atoms with Crippen LogP contribution >= 0.6 is 15.6 Å². The van der Waals surface area contributed by atoms with E-state index in [-0.39, 0.29) is 25.7 Å². The first-order valence-electron chi connectivity index (χ1n) is 39.5. The molecule has 5 atom stereocenters. The molecule has 2 unspecified atom stereocenters. The number of phosphoric acid groups is 2. The molecule has 0 aromatic heterocycles. The molecular weight excluding hydrogens is 1250 g/mol. The highest BCUT2D eigenvalue weighted by atomic mass is 31.2. The monoisotopic (exact) mass is 1400 g/mol. The molecule has 0 aliphatic rings. The van der Waals surface area contributed by atoms with Crippen molar-refractivity contribution in [3.63, 3.8) is 0 Å². The Morgan fingerprint density at radius 1 is 0.284 bits per heavy atom. The lowest BCUT2D eigenvalue weighted by Crippen LogP contribution is -2.30. The smallest absolute Gasteiger partial charge is 0.462 e. The van der Waals surface area contributed by atoms with E-state index in [4.69, 9.17) is 37.0 Å². The van der Waals surface area contributed by atoms with Gasteiger partial charge in [-0.3, -0.25) is 37.3 Å². The Balaban J connectivity index is 5.19. The maximum atomic E-state index is 13.1. The van der Waals surface area contributed by atoms with Gasteiger partial charge in [0.15, 0.2) is 12.2 Å². The highest BCUT2D eigenvalue weighted by Crippen LogP contribution is 2.45. The van der Waals surface area contributed by atoms with E-state index < -0.39 is 97.5 Å². The fourth-order valence-electron chi connectivity index (χ4n) is 11.7. The van der Waals surface area contributed by atoms with Gasteiger partial charge in [0.1, 0.15) is 19.3 Å². The number of hydrogen-bond acceptors (Lipinski definition) is 15. The number of carbonyl (C=O) groups excluding carboxylic acids is 4. The van der Waals surface area contributed by atoms with Crippen LogP contribution in [-0.2, 0) is 65.4 Å². The average Bonchev–Trinajstić information content (AvgIpc) is 1.82. The number of aliphatic hydroxyl groups excluding tert-OH is 1. The fourth-order valence-corrected chi connectivity index (χ4v) is 13.2. The van der Waals surface area contributed by atoms with Crippen LogP contribution < -0.4 is 0 Å². The first kappa shape index (κ1) is 93.1. The van der Waals surface area contributed by atoms with Crippen LogP contribution in [-0.4, -0.2) is 96.7 Å². The predicted molar refractivity (Wildman–Crippen MR) is 386 cm³/mol. The van der Waals surface area contributed by atoms with Crippen LogP contribution in [0.2, 0.25) is 0 Å². The highest BCUT2D eigenvalue weighted by molar-refractivity contribution is 7.47. The minimum Gasteiger partial charge on any atom is -0.462 e. The van der Waals surface area contributed by atoms with Crippen molar-refractivity contribution in [3.05, 3.63) is 0 Å². The van der Waals surface area contributed by atoms with Crippen LogP contribution in [0.1, 0.15) is 395 Å². The quantitative estimate of drug-likeness (QED) is 0.0222. The number of carbonyl (C=O) groups is 4. The summed E-state index contributed by atoms with van der Waals surface area (Å²) in [7, 11) is -9.91. The summed E-state index contributed by atoms with van der Waals surface area (Å²) < 4.78 is 68.4. The van der Waals surface area contributed by atoms with Crippen LogP contribution in [0.15, 0.2) is 0 Å². The number of hydrogen-bond donors (Lipinski definition) is 3. The molecule has 0 aromatic carbocycles. The zero-order valence-electron chi connectivity index (χ0n) is 62.0. The molecule has 0 saturated heterocycles. The first-order valence-corrected chi connectivity index (χ1v) is 42.5. The third-order valence-corrected chi connectivity index (χ3v) is 19.6. The molecule has 95 heavy (non-hydrogen) atoms. The van der Waals surface area contributed by atoms with Crippen LogP contribution in [0, 0.1) is 11.8 Å². The van der Waals surface area contributed by atoms with Gasteiger partial charge in [-0.1, -0.05) is 343 Å². The Labute approximate surface area is 581 Å². The second-order valence-corrected chi connectivity index (χ2v) is 31.3. The fraction of sp³-hybridized carbons (Fsp3) is 0.947. The Hall–Kier alpha value is -1.94. The lowest BCUT2D eigenvalue weighted by Gasteiger charge is -2.21. The van der Waals surface area contributed by atoms with Crippen LogP contribution in [0.4, 0.5) is 0 Å². The van der Waals surface area contributed by atoms with Crippen LogP contribution in [0.5, 0.6) is 0 Å². The van der Waals surface area contributed by atoms with E-state index in [1.807, 2.05) is 0 Å². The average molecular weight is 1400 g/mol. The third-order valence-electron chi connectivity index (χ3n) is 17.7. The minimum absolute atomic E-state index is 0.106. The normalized spacial score (nSPS) is 14.0. The second-order valence-electron chi connectivity index (χ2n) is 28.3. The van der Waals surface area contributed by atoms with Gasteiger partial charge in [0.25, 0.3) is 0 Å². The maximum absolute atomic E-state index is 13.1. The van der Waals surface area contributed by atoms with Gasteiger partial charge >= 0.3 is 39.5 Å². The van der Waals surface area contributed by atoms with Gasteiger partial charge in [0.2, 0.25) is 0 Å².